The maximum absolute atomic E-state index is 12.6. The summed E-state index contributed by atoms with van der Waals surface area (Å²) in [7, 11) is 0. The van der Waals surface area contributed by atoms with Crippen molar-refractivity contribution in [2.24, 2.45) is 0 Å². The fourth-order valence-electron chi connectivity index (χ4n) is 3.72. The molecule has 1 aromatic carbocycles. The van der Waals surface area contributed by atoms with Crippen LogP contribution in [0, 0.1) is 0 Å². The van der Waals surface area contributed by atoms with Crippen LogP contribution in [0.3, 0.4) is 0 Å². The van der Waals surface area contributed by atoms with Gasteiger partial charge in [0.05, 0.1) is 31.6 Å². The molecule has 2 heterocycles. The number of anilines is 2. The molecule has 6 N–H and O–H groups in total. The highest BCUT2D eigenvalue weighted by Crippen LogP contribution is 2.13. The van der Waals surface area contributed by atoms with Crippen molar-refractivity contribution in [2.75, 3.05) is 37.5 Å². The first-order valence-electron chi connectivity index (χ1n) is 13.2. The molecule has 0 bridgehead atoms. The van der Waals surface area contributed by atoms with Crippen molar-refractivity contribution in [2.45, 2.75) is 45.2 Å². The third-order valence-corrected chi connectivity index (χ3v) is 5.84. The number of fused-ring (bicyclic) bond motifs is 1. The number of Topliss-reactive ketones (excluding diaryl/α,β-unsaturated/α-hetero) is 2. The average Bonchev–Trinajstić information content (AvgIpc) is 2.95. The van der Waals surface area contributed by atoms with Gasteiger partial charge in [0.15, 0.2) is 16.9 Å². The number of ether oxygens (including phenoxy) is 2. The second-order valence-corrected chi connectivity index (χ2v) is 9.33. The van der Waals surface area contributed by atoms with E-state index in [1.54, 1.807) is 12.1 Å². The molecule has 1 unspecified atom stereocenters. The highest BCUT2D eigenvalue weighted by atomic mass is 16.5. The zero-order chi connectivity index (χ0) is 30.5. The highest BCUT2D eigenvalue weighted by Gasteiger charge is 2.21. The second kappa shape index (κ2) is 15.9. The van der Waals surface area contributed by atoms with Gasteiger partial charge in [0.1, 0.15) is 18.4 Å². The van der Waals surface area contributed by atoms with Crippen LogP contribution in [-0.2, 0) is 30.4 Å². The second-order valence-electron chi connectivity index (χ2n) is 9.33. The summed E-state index contributed by atoms with van der Waals surface area (Å²) in [5.41, 5.74) is 6.56. The van der Waals surface area contributed by atoms with Gasteiger partial charge in [-0.25, -0.2) is 14.8 Å². The highest BCUT2D eigenvalue weighted by molar-refractivity contribution is 5.97. The average molecular weight is 584 g/mol. The minimum absolute atomic E-state index is 0.00515. The normalized spacial score (nSPS) is 11.6. The number of benzene rings is 1. The number of H-pyrrole nitrogens is 1. The summed E-state index contributed by atoms with van der Waals surface area (Å²) < 4.78 is 10.4. The Morgan fingerprint density at radius 3 is 2.50 bits per heavy atom. The molecule has 0 radical (unpaired) electrons. The predicted octanol–water partition coefficient (Wildman–Crippen LogP) is 0.842. The van der Waals surface area contributed by atoms with Gasteiger partial charge in [-0.15, -0.1) is 0 Å². The molecule has 15 heteroatoms. The molecule has 42 heavy (non-hydrogen) atoms. The van der Waals surface area contributed by atoms with Crippen molar-refractivity contribution in [3.63, 3.8) is 0 Å². The van der Waals surface area contributed by atoms with Crippen LogP contribution in [0.1, 0.15) is 48.7 Å². The van der Waals surface area contributed by atoms with E-state index in [-0.39, 0.29) is 73.3 Å². The number of amides is 1. The number of nitrogen functional groups attached to an aromatic ring is 1. The van der Waals surface area contributed by atoms with Crippen LogP contribution >= 0.6 is 0 Å². The van der Waals surface area contributed by atoms with E-state index in [2.05, 4.69) is 30.6 Å². The topological polar surface area (TPSA) is 229 Å². The fraction of sp³-hybridized carbons (Fsp3) is 0.407. The summed E-state index contributed by atoms with van der Waals surface area (Å²) >= 11 is 0. The Morgan fingerprint density at radius 1 is 1.05 bits per heavy atom. The molecule has 224 valence electrons. The molecule has 2 aromatic heterocycles. The van der Waals surface area contributed by atoms with Crippen LogP contribution in [-0.4, -0.2) is 81.0 Å². The number of nitrogens with two attached hydrogens (primary N) is 1. The number of carbonyl (C=O) groups excluding carboxylic acids is 3. The van der Waals surface area contributed by atoms with E-state index < -0.39 is 23.5 Å². The molecule has 0 saturated heterocycles. The Morgan fingerprint density at radius 2 is 1.79 bits per heavy atom. The van der Waals surface area contributed by atoms with Gasteiger partial charge < -0.3 is 30.9 Å². The molecule has 0 aliphatic heterocycles. The van der Waals surface area contributed by atoms with Gasteiger partial charge >= 0.3 is 5.97 Å². The number of ketones is 2. The molecule has 0 fully saturated rings. The summed E-state index contributed by atoms with van der Waals surface area (Å²) in [4.78, 5) is 73.9. The van der Waals surface area contributed by atoms with Crippen LogP contribution in [0.5, 0.6) is 0 Å². The van der Waals surface area contributed by atoms with Gasteiger partial charge in [-0.2, -0.15) is 4.98 Å². The third kappa shape index (κ3) is 10.3. The Kier molecular flexibility index (Phi) is 12.0. The van der Waals surface area contributed by atoms with E-state index >= 15 is 0 Å². The Labute approximate surface area is 240 Å². The summed E-state index contributed by atoms with van der Waals surface area (Å²) in [5.74, 6) is -2.09. The lowest BCUT2D eigenvalue weighted by Crippen LogP contribution is -2.41. The number of aromatic amines is 1. The van der Waals surface area contributed by atoms with Gasteiger partial charge in [-0.05, 0) is 44.0 Å². The number of carboxylic acid groups (broad SMARTS) is 1. The number of carboxylic acids is 1. The first-order chi connectivity index (χ1) is 20.1. The number of aromatic nitrogens is 4. The summed E-state index contributed by atoms with van der Waals surface area (Å²) in [6.07, 6.45) is 2.10. The van der Waals surface area contributed by atoms with Gasteiger partial charge in [0.25, 0.3) is 11.5 Å². The standard InChI is InChI=1S/C27H33N7O8/c1-16(35)15-42-12-11-41-10-2-3-20(36)8-9-21(26(39)40)32-24(37)17-4-6-18(7-5-17)29-13-19-14-30-23-22(31-19)25(38)34-27(28)33-23/h4-7,14,21,29H,2-3,8-13,15H2,1H3,(H,32,37)(H,39,40)(H3,28,30,33,34,38). The predicted molar refractivity (Wildman–Crippen MR) is 151 cm³/mol. The van der Waals surface area contributed by atoms with Crippen LogP contribution in [0.2, 0.25) is 0 Å². The van der Waals surface area contributed by atoms with Crippen LogP contribution < -0.4 is 21.9 Å². The van der Waals surface area contributed by atoms with Crippen molar-refractivity contribution >= 4 is 46.2 Å². The van der Waals surface area contributed by atoms with E-state index in [4.69, 9.17) is 15.2 Å². The first-order valence-corrected chi connectivity index (χ1v) is 13.2. The van der Waals surface area contributed by atoms with Crippen molar-refractivity contribution < 1.29 is 33.8 Å². The number of nitrogens with zero attached hydrogens (tertiary/aromatic N) is 3. The lowest BCUT2D eigenvalue weighted by atomic mass is 10.1. The van der Waals surface area contributed by atoms with Crippen LogP contribution in [0.15, 0.2) is 35.3 Å². The van der Waals surface area contributed by atoms with E-state index in [9.17, 15) is 29.1 Å². The maximum Gasteiger partial charge on any atom is 0.326 e. The van der Waals surface area contributed by atoms with E-state index in [0.29, 0.717) is 31.0 Å². The number of aliphatic carboxylic acids is 1. The van der Waals surface area contributed by atoms with Crippen LogP contribution in [0.25, 0.3) is 11.2 Å². The van der Waals surface area contributed by atoms with E-state index in [0.717, 1.165) is 0 Å². The smallest absolute Gasteiger partial charge is 0.326 e. The lowest BCUT2D eigenvalue weighted by Gasteiger charge is -2.14. The molecule has 1 atom stereocenters. The summed E-state index contributed by atoms with van der Waals surface area (Å²) in [5, 5.41) is 15.1. The Hall–Kier alpha value is -4.76. The maximum atomic E-state index is 12.6. The number of hydrogen-bond donors (Lipinski definition) is 5. The van der Waals surface area contributed by atoms with Crippen molar-refractivity contribution in [3.8, 4) is 0 Å². The zero-order valence-electron chi connectivity index (χ0n) is 23.1. The van der Waals surface area contributed by atoms with Crippen LogP contribution in [0.4, 0.5) is 11.6 Å². The largest absolute Gasteiger partial charge is 0.480 e. The summed E-state index contributed by atoms with van der Waals surface area (Å²) in [6.45, 7) is 2.62. The van der Waals surface area contributed by atoms with Crippen molar-refractivity contribution in [1.29, 1.82) is 0 Å². The fourth-order valence-corrected chi connectivity index (χ4v) is 3.72. The molecule has 15 nitrogen and oxygen atoms in total. The quantitative estimate of drug-likeness (QED) is 0.131. The van der Waals surface area contributed by atoms with Crippen molar-refractivity contribution in [3.05, 3.63) is 52.1 Å². The molecule has 3 rings (SSSR count). The summed E-state index contributed by atoms with van der Waals surface area (Å²) in [6, 6.07) is 5.09. The molecule has 0 saturated carbocycles. The molecule has 0 aliphatic rings. The Balaban J connectivity index is 1.41. The number of rotatable bonds is 18. The molecular weight excluding hydrogens is 550 g/mol. The monoisotopic (exact) mass is 583 g/mol. The van der Waals surface area contributed by atoms with Gasteiger partial charge in [0.2, 0.25) is 5.95 Å². The third-order valence-electron chi connectivity index (χ3n) is 5.84. The first kappa shape index (κ1) is 31.8. The van der Waals surface area contributed by atoms with Crippen molar-refractivity contribution in [1.82, 2.24) is 25.3 Å². The molecular formula is C27H33N7O8. The SMILES string of the molecule is CC(=O)COCCOCCCC(=O)CCC(NC(=O)c1ccc(NCc2cnc3nc(N)[nH]c(=O)c3n2)cc1)C(=O)O. The zero-order valence-corrected chi connectivity index (χ0v) is 23.1. The molecule has 3 aromatic rings. The number of nitrogens with one attached hydrogen (secondary N) is 3. The molecule has 1 amide bonds. The number of hydrogen-bond acceptors (Lipinski definition) is 12. The minimum atomic E-state index is -1.24. The van der Waals surface area contributed by atoms with E-state index in [1.165, 1.54) is 25.3 Å². The number of carbonyl (C=O) groups is 4. The minimum Gasteiger partial charge on any atom is -0.480 e. The molecule has 0 spiro atoms. The van der Waals surface area contributed by atoms with Gasteiger partial charge in [-0.1, -0.05) is 0 Å². The lowest BCUT2D eigenvalue weighted by molar-refractivity contribution is -0.139. The molecule has 0 aliphatic carbocycles. The Bertz CT molecular complexity index is 1460. The van der Waals surface area contributed by atoms with Gasteiger partial charge in [-0.3, -0.25) is 24.2 Å². The van der Waals surface area contributed by atoms with Gasteiger partial charge in [0, 0.05) is 30.7 Å². The van der Waals surface area contributed by atoms with E-state index in [1.807, 2.05) is 0 Å².